The van der Waals surface area contributed by atoms with Crippen LogP contribution in [-0.4, -0.2) is 59.4 Å². The quantitative estimate of drug-likeness (QED) is 0.685. The fourth-order valence-electron chi connectivity index (χ4n) is 3.69. The van der Waals surface area contributed by atoms with Crippen molar-refractivity contribution in [3.05, 3.63) is 41.0 Å². The van der Waals surface area contributed by atoms with E-state index in [1.165, 1.54) is 16.8 Å². The maximum atomic E-state index is 5.53. The van der Waals surface area contributed by atoms with Gasteiger partial charge >= 0.3 is 0 Å². The number of benzene rings is 2. The third-order valence-electron chi connectivity index (χ3n) is 5.19. The van der Waals surface area contributed by atoms with Crippen molar-refractivity contribution in [2.24, 2.45) is 0 Å². The first kappa shape index (κ1) is 19.9. The average molecular weight is 386 g/mol. The third-order valence-corrected chi connectivity index (χ3v) is 5.19. The predicted molar refractivity (Wildman–Crippen MR) is 108 cm³/mol. The van der Waals surface area contributed by atoms with Crippen LogP contribution in [0.2, 0.25) is 0 Å². The van der Waals surface area contributed by atoms with E-state index in [9.17, 15) is 0 Å². The number of hydrogen-bond acceptors (Lipinski definition) is 5. The van der Waals surface area contributed by atoms with Gasteiger partial charge in [-0.25, -0.2) is 4.58 Å². The molecule has 0 bridgehead atoms. The number of fused-ring (bicyclic) bond motifs is 1. The number of ether oxygens (including phenoxy) is 5. The van der Waals surface area contributed by atoms with Gasteiger partial charge in [0.05, 0.1) is 42.0 Å². The molecule has 0 amide bonds. The Hall–Kier alpha value is -2.89. The molecule has 0 radical (unpaired) electrons. The van der Waals surface area contributed by atoms with Gasteiger partial charge in [0.25, 0.3) is 0 Å². The molecule has 0 N–H and O–H groups in total. The lowest BCUT2D eigenvalue weighted by atomic mass is 9.92. The van der Waals surface area contributed by atoms with Crippen molar-refractivity contribution in [3.63, 3.8) is 0 Å². The van der Waals surface area contributed by atoms with Gasteiger partial charge in [0.1, 0.15) is 13.6 Å². The molecule has 0 aliphatic carbocycles. The van der Waals surface area contributed by atoms with Crippen LogP contribution < -0.4 is 23.7 Å². The minimum atomic E-state index is 0.600. The van der Waals surface area contributed by atoms with Crippen molar-refractivity contribution >= 4 is 5.71 Å². The van der Waals surface area contributed by atoms with Crippen molar-refractivity contribution in [3.8, 4) is 28.7 Å². The van der Waals surface area contributed by atoms with E-state index < -0.39 is 0 Å². The Labute approximate surface area is 166 Å². The fraction of sp³-hybridized carbons (Fsp3) is 0.409. The molecule has 0 fully saturated rings. The highest BCUT2D eigenvalue weighted by Crippen LogP contribution is 2.39. The van der Waals surface area contributed by atoms with Gasteiger partial charge in [-0.15, -0.1) is 0 Å². The summed E-state index contributed by atoms with van der Waals surface area (Å²) in [5, 5.41) is 0. The summed E-state index contributed by atoms with van der Waals surface area (Å²) in [4.78, 5) is 0. The van der Waals surface area contributed by atoms with Gasteiger partial charge in [-0.05, 0) is 35.4 Å². The molecule has 28 heavy (non-hydrogen) atoms. The van der Waals surface area contributed by atoms with Crippen LogP contribution in [0.25, 0.3) is 0 Å². The van der Waals surface area contributed by atoms with Gasteiger partial charge in [0.2, 0.25) is 5.75 Å². The predicted octanol–water partition coefficient (Wildman–Crippen LogP) is 2.96. The third kappa shape index (κ3) is 3.59. The van der Waals surface area contributed by atoms with E-state index >= 15 is 0 Å². The Morgan fingerprint density at radius 2 is 1.32 bits per heavy atom. The van der Waals surface area contributed by atoms with Crippen LogP contribution in [0.1, 0.15) is 16.7 Å². The van der Waals surface area contributed by atoms with E-state index in [1.54, 1.807) is 35.5 Å². The normalized spacial score (nSPS) is 13.1. The molecule has 6 heteroatoms. The van der Waals surface area contributed by atoms with Crippen LogP contribution in [0, 0.1) is 0 Å². The Balaban J connectivity index is 2.06. The second kappa shape index (κ2) is 8.42. The second-order valence-corrected chi connectivity index (χ2v) is 6.69. The summed E-state index contributed by atoms with van der Waals surface area (Å²) in [5.74, 6) is 3.41. The highest BCUT2D eigenvalue weighted by molar-refractivity contribution is 6.01. The maximum Gasteiger partial charge on any atom is 0.203 e. The molecule has 0 aromatic heterocycles. The van der Waals surface area contributed by atoms with E-state index in [0.717, 1.165) is 36.4 Å². The first-order chi connectivity index (χ1) is 13.6. The SMILES string of the molecule is COc1cc2c(cc1OC)C(Cc1cc(OC)c(OC)c(OC)c1)=[N+](C)CC2. The van der Waals surface area contributed by atoms with Gasteiger partial charge in [0, 0.05) is 12.0 Å². The molecule has 0 saturated heterocycles. The number of methoxy groups -OCH3 is 5. The Morgan fingerprint density at radius 3 is 1.86 bits per heavy atom. The Bertz CT molecular complexity index is 879. The largest absolute Gasteiger partial charge is 0.493 e. The van der Waals surface area contributed by atoms with Gasteiger partial charge in [-0.3, -0.25) is 0 Å². The first-order valence-electron chi connectivity index (χ1n) is 9.17. The monoisotopic (exact) mass is 386 g/mol. The maximum absolute atomic E-state index is 5.53. The first-order valence-corrected chi connectivity index (χ1v) is 9.17. The fourth-order valence-corrected chi connectivity index (χ4v) is 3.69. The zero-order valence-electron chi connectivity index (χ0n) is 17.4. The topological polar surface area (TPSA) is 49.2 Å². The summed E-state index contributed by atoms with van der Waals surface area (Å²) in [6, 6.07) is 8.14. The lowest BCUT2D eigenvalue weighted by Gasteiger charge is -2.20. The molecule has 150 valence electrons. The summed E-state index contributed by atoms with van der Waals surface area (Å²) < 4.78 is 29.7. The Kier molecular flexibility index (Phi) is 5.97. The van der Waals surface area contributed by atoms with Crippen LogP contribution in [-0.2, 0) is 12.8 Å². The van der Waals surface area contributed by atoms with Crippen molar-refractivity contribution in [2.75, 3.05) is 49.1 Å². The van der Waals surface area contributed by atoms with Crippen LogP contribution in [0.4, 0.5) is 0 Å². The summed E-state index contributed by atoms with van der Waals surface area (Å²) in [5.41, 5.74) is 4.74. The zero-order chi connectivity index (χ0) is 20.3. The van der Waals surface area contributed by atoms with Crippen molar-refractivity contribution in [2.45, 2.75) is 12.8 Å². The minimum absolute atomic E-state index is 0.600. The molecule has 1 aliphatic heterocycles. The van der Waals surface area contributed by atoms with Crippen molar-refractivity contribution in [1.29, 1.82) is 0 Å². The lowest BCUT2D eigenvalue weighted by molar-refractivity contribution is -0.498. The summed E-state index contributed by atoms with van der Waals surface area (Å²) >= 11 is 0. The molecular weight excluding hydrogens is 358 g/mol. The molecule has 0 spiro atoms. The van der Waals surface area contributed by atoms with Gasteiger partial charge in [-0.2, -0.15) is 0 Å². The molecule has 0 unspecified atom stereocenters. The summed E-state index contributed by atoms with van der Waals surface area (Å²) in [6.07, 6.45) is 1.70. The minimum Gasteiger partial charge on any atom is -0.493 e. The lowest BCUT2D eigenvalue weighted by Crippen LogP contribution is -2.29. The number of rotatable bonds is 7. The zero-order valence-corrected chi connectivity index (χ0v) is 17.4. The molecule has 1 heterocycles. The van der Waals surface area contributed by atoms with Gasteiger partial charge in [0.15, 0.2) is 28.7 Å². The van der Waals surface area contributed by atoms with Crippen LogP contribution in [0.3, 0.4) is 0 Å². The van der Waals surface area contributed by atoms with Crippen molar-refractivity contribution in [1.82, 2.24) is 0 Å². The molecule has 0 atom stereocenters. The molecular formula is C22H28NO5+. The Morgan fingerprint density at radius 1 is 0.750 bits per heavy atom. The number of nitrogens with zero attached hydrogens (tertiary/aromatic N) is 1. The van der Waals surface area contributed by atoms with E-state index in [4.69, 9.17) is 23.7 Å². The second-order valence-electron chi connectivity index (χ2n) is 6.69. The molecule has 0 saturated carbocycles. The van der Waals surface area contributed by atoms with E-state index in [2.05, 4.69) is 23.8 Å². The summed E-state index contributed by atoms with van der Waals surface area (Å²) in [6.45, 7) is 0.947. The average Bonchev–Trinajstić information content (AvgIpc) is 2.73. The van der Waals surface area contributed by atoms with Crippen LogP contribution in [0.15, 0.2) is 24.3 Å². The van der Waals surface area contributed by atoms with Gasteiger partial charge in [-0.1, -0.05) is 0 Å². The molecule has 1 aliphatic rings. The van der Waals surface area contributed by atoms with E-state index in [0.29, 0.717) is 17.2 Å². The molecule has 2 aromatic rings. The van der Waals surface area contributed by atoms with Crippen LogP contribution in [0.5, 0.6) is 28.7 Å². The smallest absolute Gasteiger partial charge is 0.203 e. The van der Waals surface area contributed by atoms with Crippen molar-refractivity contribution < 1.29 is 28.3 Å². The van der Waals surface area contributed by atoms with Gasteiger partial charge < -0.3 is 23.7 Å². The van der Waals surface area contributed by atoms with E-state index in [1.807, 2.05) is 12.1 Å². The molecule has 2 aromatic carbocycles. The van der Waals surface area contributed by atoms with E-state index in [-0.39, 0.29) is 0 Å². The highest BCUT2D eigenvalue weighted by atomic mass is 16.5. The highest BCUT2D eigenvalue weighted by Gasteiger charge is 2.27. The summed E-state index contributed by atoms with van der Waals surface area (Å²) in [7, 11) is 10.3. The number of likely N-dealkylation sites (N-methyl/N-ethyl adjacent to an activating group) is 1. The standard InChI is InChI=1S/C22H28NO5/c1-23-8-7-15-12-18(24-2)19(25-3)13-16(15)17(23)9-14-10-20(26-4)22(28-6)21(11-14)27-5/h10-13H,7-9H2,1-6H3/q+1. The molecule has 6 nitrogen and oxygen atoms in total. The number of hydrogen-bond donors (Lipinski definition) is 0. The van der Waals surface area contributed by atoms with Crippen LogP contribution >= 0.6 is 0 Å². The molecule has 3 rings (SSSR count).